The topological polar surface area (TPSA) is 101 Å². The minimum atomic E-state index is -0.363. The third-order valence-corrected chi connectivity index (χ3v) is 6.53. The number of carbonyl (C=O) groups is 2. The lowest BCUT2D eigenvalue weighted by Crippen LogP contribution is -2.21. The Morgan fingerprint density at radius 3 is 2.24 bits per heavy atom. The summed E-state index contributed by atoms with van der Waals surface area (Å²) in [5, 5.41) is 13.2. The van der Waals surface area contributed by atoms with E-state index in [4.69, 9.17) is 5.10 Å². The molecule has 0 saturated carbocycles. The summed E-state index contributed by atoms with van der Waals surface area (Å²) in [4.78, 5) is 30.6. The molecule has 0 aliphatic rings. The molecular weight excluding hydrogens is 484 g/mol. The van der Waals surface area contributed by atoms with E-state index in [-0.39, 0.29) is 17.4 Å². The van der Waals surface area contributed by atoms with Gasteiger partial charge in [0.2, 0.25) is 0 Å². The van der Waals surface area contributed by atoms with Crippen molar-refractivity contribution in [1.82, 2.24) is 20.1 Å². The van der Waals surface area contributed by atoms with Crippen LogP contribution >= 0.6 is 11.8 Å². The summed E-state index contributed by atoms with van der Waals surface area (Å²) in [6.45, 7) is 8.29. The number of nitrogens with zero attached hydrogens (tertiary/aromatic N) is 3. The van der Waals surface area contributed by atoms with Crippen molar-refractivity contribution in [3.8, 4) is 5.69 Å². The van der Waals surface area contributed by atoms with Gasteiger partial charge in [0.25, 0.3) is 5.91 Å². The quantitative estimate of drug-likeness (QED) is 0.292. The molecule has 3 amide bonds. The molecule has 9 heteroatoms. The third kappa shape index (κ3) is 6.56. The van der Waals surface area contributed by atoms with E-state index >= 15 is 0 Å². The van der Waals surface area contributed by atoms with Crippen LogP contribution in [0.15, 0.2) is 82.7 Å². The zero-order valence-corrected chi connectivity index (χ0v) is 22.3. The fourth-order valence-corrected chi connectivity index (χ4v) is 4.31. The van der Waals surface area contributed by atoms with Crippen molar-refractivity contribution in [2.45, 2.75) is 42.9 Å². The summed E-state index contributed by atoms with van der Waals surface area (Å²) < 4.78 is 1.75. The van der Waals surface area contributed by atoms with E-state index in [2.05, 4.69) is 41.7 Å². The second kappa shape index (κ2) is 10.9. The number of anilines is 2. The molecule has 4 aromatic rings. The molecule has 0 fully saturated rings. The molecule has 0 radical (unpaired) electrons. The molecule has 190 valence electrons. The summed E-state index contributed by atoms with van der Waals surface area (Å²) >= 11 is 1.51. The predicted molar refractivity (Wildman–Crippen MR) is 148 cm³/mol. The fraction of sp³-hybridized carbons (Fsp3) is 0.214. The molecule has 0 unspecified atom stereocenters. The Balaban J connectivity index is 1.46. The number of aromatic nitrogens is 3. The predicted octanol–water partition coefficient (Wildman–Crippen LogP) is 6.03. The second-order valence-electron chi connectivity index (χ2n) is 9.57. The highest BCUT2D eigenvalue weighted by molar-refractivity contribution is 7.99. The molecule has 2 aromatic heterocycles. The van der Waals surface area contributed by atoms with Gasteiger partial charge in [-0.15, -0.1) is 0 Å². The number of carbonyl (C=O) groups excluding carboxylic acids is 2. The van der Waals surface area contributed by atoms with Crippen molar-refractivity contribution < 1.29 is 9.59 Å². The third-order valence-electron chi connectivity index (χ3n) is 5.54. The Morgan fingerprint density at radius 1 is 0.892 bits per heavy atom. The van der Waals surface area contributed by atoms with Crippen LogP contribution in [0.3, 0.4) is 0 Å². The largest absolute Gasteiger partial charge is 0.354 e. The van der Waals surface area contributed by atoms with Gasteiger partial charge in [-0.2, -0.15) is 5.10 Å². The van der Waals surface area contributed by atoms with Gasteiger partial charge in [-0.1, -0.05) is 50.2 Å². The summed E-state index contributed by atoms with van der Waals surface area (Å²) in [7, 11) is 1.57. The molecule has 8 nitrogen and oxygen atoms in total. The van der Waals surface area contributed by atoms with E-state index in [1.54, 1.807) is 24.0 Å². The zero-order chi connectivity index (χ0) is 26.6. The molecule has 0 bridgehead atoms. The normalized spacial score (nSPS) is 11.2. The first kappa shape index (κ1) is 26.0. The van der Waals surface area contributed by atoms with Gasteiger partial charge in [0, 0.05) is 40.2 Å². The van der Waals surface area contributed by atoms with E-state index in [0.717, 1.165) is 26.7 Å². The lowest BCUT2D eigenvalue weighted by atomic mass is 9.92. The van der Waals surface area contributed by atoms with Crippen LogP contribution in [0.4, 0.5) is 16.3 Å². The maximum Gasteiger partial charge on any atom is 0.324 e. The summed E-state index contributed by atoms with van der Waals surface area (Å²) in [6, 6.07) is 20.6. The number of hydrogen-bond acceptors (Lipinski definition) is 5. The van der Waals surface area contributed by atoms with Crippen LogP contribution in [-0.4, -0.2) is 33.8 Å². The second-order valence-corrected chi connectivity index (χ2v) is 10.7. The van der Waals surface area contributed by atoms with Gasteiger partial charge in [0.15, 0.2) is 0 Å². The number of hydrogen-bond donors (Lipinski definition) is 3. The summed E-state index contributed by atoms with van der Waals surface area (Å²) in [5.74, 6) is 0.356. The Kier molecular flexibility index (Phi) is 7.63. The first-order valence-electron chi connectivity index (χ1n) is 11.8. The van der Waals surface area contributed by atoms with E-state index in [0.29, 0.717) is 17.2 Å². The number of amides is 3. The van der Waals surface area contributed by atoms with Gasteiger partial charge < -0.3 is 10.6 Å². The number of rotatable bonds is 6. The van der Waals surface area contributed by atoms with E-state index in [1.165, 1.54) is 11.8 Å². The van der Waals surface area contributed by atoms with Gasteiger partial charge in [0.1, 0.15) is 11.5 Å². The van der Waals surface area contributed by atoms with Crippen molar-refractivity contribution in [3.05, 3.63) is 89.9 Å². The highest BCUT2D eigenvalue weighted by Crippen LogP contribution is 2.29. The lowest BCUT2D eigenvalue weighted by Gasteiger charge is -2.14. The Hall–Kier alpha value is -4.11. The van der Waals surface area contributed by atoms with Crippen molar-refractivity contribution in [1.29, 1.82) is 0 Å². The molecule has 4 rings (SSSR count). The van der Waals surface area contributed by atoms with E-state index in [1.807, 2.05) is 67.6 Å². The summed E-state index contributed by atoms with van der Waals surface area (Å²) in [6.07, 6.45) is 1.61. The van der Waals surface area contributed by atoms with Crippen LogP contribution in [0.25, 0.3) is 5.69 Å². The van der Waals surface area contributed by atoms with Gasteiger partial charge >= 0.3 is 6.03 Å². The smallest absolute Gasteiger partial charge is 0.324 e. The molecular formula is C28H30N6O2S. The molecule has 2 heterocycles. The van der Waals surface area contributed by atoms with Crippen molar-refractivity contribution in [2.24, 2.45) is 0 Å². The number of benzene rings is 2. The SMILES string of the molecule is CNC(=O)c1cc(Sc2ccc(NC(=O)Nc3cc(C(C)(C)C)nn3-c3ccc(C)cc3)cc2)ccn1. The van der Waals surface area contributed by atoms with Crippen molar-refractivity contribution >= 4 is 35.2 Å². The van der Waals surface area contributed by atoms with Crippen LogP contribution in [-0.2, 0) is 5.41 Å². The molecule has 37 heavy (non-hydrogen) atoms. The van der Waals surface area contributed by atoms with Gasteiger partial charge in [-0.05, 0) is 55.5 Å². The molecule has 3 N–H and O–H groups in total. The first-order valence-corrected chi connectivity index (χ1v) is 12.7. The molecule has 0 aliphatic carbocycles. The molecule has 0 aliphatic heterocycles. The van der Waals surface area contributed by atoms with E-state index in [9.17, 15) is 9.59 Å². The van der Waals surface area contributed by atoms with Gasteiger partial charge in [-0.25, -0.2) is 9.48 Å². The molecule has 0 spiro atoms. The number of pyridine rings is 1. The highest BCUT2D eigenvalue weighted by Gasteiger charge is 2.21. The first-order chi connectivity index (χ1) is 17.6. The highest BCUT2D eigenvalue weighted by atomic mass is 32.2. The van der Waals surface area contributed by atoms with Crippen LogP contribution in [0.5, 0.6) is 0 Å². The number of nitrogens with one attached hydrogen (secondary N) is 3. The van der Waals surface area contributed by atoms with Crippen LogP contribution < -0.4 is 16.0 Å². The Morgan fingerprint density at radius 2 is 1.59 bits per heavy atom. The number of aryl methyl sites for hydroxylation is 1. The monoisotopic (exact) mass is 514 g/mol. The standard InChI is InChI=1S/C28H30N6O2S/c1-18-6-10-20(11-7-18)34-25(17-24(33-34)28(2,3)4)32-27(36)31-19-8-12-21(13-9-19)37-22-14-15-30-23(16-22)26(35)29-5/h6-17H,1-5H3,(H,29,35)(H2,31,32,36). The maximum absolute atomic E-state index is 12.9. The lowest BCUT2D eigenvalue weighted by molar-refractivity contribution is 0.0958. The number of urea groups is 1. The Bertz CT molecular complexity index is 1410. The minimum Gasteiger partial charge on any atom is -0.354 e. The molecule has 0 saturated heterocycles. The zero-order valence-electron chi connectivity index (χ0n) is 21.5. The van der Waals surface area contributed by atoms with Gasteiger partial charge in [0.05, 0.1) is 11.4 Å². The fourth-order valence-electron chi connectivity index (χ4n) is 3.47. The average Bonchev–Trinajstić information content (AvgIpc) is 3.29. The Labute approximate surface area is 220 Å². The van der Waals surface area contributed by atoms with Crippen LogP contribution in [0.1, 0.15) is 42.5 Å². The van der Waals surface area contributed by atoms with Crippen molar-refractivity contribution in [2.75, 3.05) is 17.7 Å². The van der Waals surface area contributed by atoms with E-state index < -0.39 is 0 Å². The van der Waals surface area contributed by atoms with Crippen molar-refractivity contribution in [3.63, 3.8) is 0 Å². The minimum absolute atomic E-state index is 0.174. The molecule has 2 aromatic carbocycles. The van der Waals surface area contributed by atoms with Gasteiger partial charge in [-0.3, -0.25) is 15.1 Å². The molecule has 0 atom stereocenters. The van der Waals surface area contributed by atoms with Crippen LogP contribution in [0, 0.1) is 6.92 Å². The summed E-state index contributed by atoms with van der Waals surface area (Å²) in [5.41, 5.74) is 3.74. The maximum atomic E-state index is 12.9. The average molecular weight is 515 g/mol. The van der Waals surface area contributed by atoms with Crippen LogP contribution in [0.2, 0.25) is 0 Å².